The van der Waals surface area contributed by atoms with E-state index in [1.807, 2.05) is 31.2 Å². The highest BCUT2D eigenvalue weighted by Crippen LogP contribution is 2.29. The van der Waals surface area contributed by atoms with Crippen LogP contribution in [0.2, 0.25) is 0 Å². The Balaban J connectivity index is 1.79. The van der Waals surface area contributed by atoms with Crippen LogP contribution in [0.4, 0.5) is 0 Å². The molecule has 1 amide bonds. The zero-order valence-corrected chi connectivity index (χ0v) is 19.2. The van der Waals surface area contributed by atoms with Gasteiger partial charge in [0, 0.05) is 22.2 Å². The Labute approximate surface area is 184 Å². The molecular formula is C21H19BrN2O3S2. The molecule has 0 saturated carbocycles. The third kappa shape index (κ3) is 4.15. The average Bonchev–Trinajstić information content (AvgIpc) is 3.28. The van der Waals surface area contributed by atoms with Crippen LogP contribution in [0.3, 0.4) is 0 Å². The average molecular weight is 491 g/mol. The van der Waals surface area contributed by atoms with Crippen molar-refractivity contribution in [2.75, 3.05) is 18.6 Å². The van der Waals surface area contributed by atoms with Crippen LogP contribution in [0.25, 0.3) is 21.2 Å². The lowest BCUT2D eigenvalue weighted by Gasteiger charge is -2.03. The van der Waals surface area contributed by atoms with Gasteiger partial charge in [-0.05, 0) is 43.5 Å². The summed E-state index contributed by atoms with van der Waals surface area (Å²) in [4.78, 5) is 18.0. The number of hydrogen-bond acceptors (Lipinski definition) is 5. The largest absolute Gasteiger partial charge is 0.490 e. The molecule has 2 heterocycles. The summed E-state index contributed by atoms with van der Waals surface area (Å²) in [6.07, 6.45) is 2.07. The molecule has 0 aliphatic heterocycles. The SMILES string of the molecule is CCOc1cccc2cc(C(=O)N=c3sc4cc(Br)ccc4n3CCSC)oc12. The summed E-state index contributed by atoms with van der Waals surface area (Å²) in [6, 6.07) is 13.4. The standard InChI is InChI=1S/C21H19BrN2O3S2/c1-3-26-16-6-4-5-13-11-17(27-19(13)16)20(25)23-21-24(9-10-28-2)15-8-7-14(22)12-18(15)29-21/h4-8,11-12H,3,9-10H2,1-2H3. The lowest BCUT2D eigenvalue weighted by molar-refractivity contribution is 0.0973. The van der Waals surface area contributed by atoms with Crippen molar-refractivity contribution in [3.05, 3.63) is 57.5 Å². The minimum absolute atomic E-state index is 0.210. The Hall–Kier alpha value is -2.03. The van der Waals surface area contributed by atoms with Gasteiger partial charge in [-0.3, -0.25) is 4.79 Å². The Kier molecular flexibility index (Phi) is 6.12. The number of nitrogens with zero attached hydrogens (tertiary/aromatic N) is 2. The van der Waals surface area contributed by atoms with E-state index in [1.165, 1.54) is 11.3 Å². The van der Waals surface area contributed by atoms with Gasteiger partial charge in [-0.15, -0.1) is 0 Å². The number of hydrogen-bond donors (Lipinski definition) is 0. The van der Waals surface area contributed by atoms with Crippen LogP contribution in [-0.2, 0) is 6.54 Å². The number of thiazole rings is 1. The number of furan rings is 1. The quantitative estimate of drug-likeness (QED) is 0.347. The molecule has 0 radical (unpaired) electrons. The number of ether oxygens (including phenoxy) is 1. The van der Waals surface area contributed by atoms with Crippen molar-refractivity contribution in [2.45, 2.75) is 13.5 Å². The highest BCUT2D eigenvalue weighted by atomic mass is 79.9. The van der Waals surface area contributed by atoms with E-state index in [9.17, 15) is 4.79 Å². The third-order valence-corrected chi connectivity index (χ3v) is 6.50. The Bertz CT molecular complexity index is 1260. The number of aromatic nitrogens is 1. The first-order chi connectivity index (χ1) is 14.1. The number of aryl methyl sites for hydroxylation is 1. The smallest absolute Gasteiger partial charge is 0.315 e. The maximum absolute atomic E-state index is 12.9. The molecule has 0 N–H and O–H groups in total. The Morgan fingerprint density at radius 3 is 2.97 bits per heavy atom. The van der Waals surface area contributed by atoms with Gasteiger partial charge in [0.05, 0.1) is 16.8 Å². The van der Waals surface area contributed by atoms with Crippen LogP contribution in [0.5, 0.6) is 5.75 Å². The van der Waals surface area contributed by atoms with Crippen LogP contribution in [-0.4, -0.2) is 29.1 Å². The maximum Gasteiger partial charge on any atom is 0.315 e. The topological polar surface area (TPSA) is 56.7 Å². The number of benzene rings is 2. The van der Waals surface area contributed by atoms with Crippen molar-refractivity contribution in [3.63, 3.8) is 0 Å². The fourth-order valence-corrected chi connectivity index (χ4v) is 5.06. The third-order valence-electron chi connectivity index (χ3n) is 4.38. The van der Waals surface area contributed by atoms with Gasteiger partial charge in [0.25, 0.3) is 0 Å². The first-order valence-corrected chi connectivity index (χ1v) is 12.1. The van der Waals surface area contributed by atoms with Crippen LogP contribution >= 0.6 is 39.0 Å². The molecule has 0 aliphatic rings. The van der Waals surface area contributed by atoms with E-state index in [2.05, 4.69) is 43.9 Å². The molecule has 2 aromatic carbocycles. The maximum atomic E-state index is 12.9. The van der Waals surface area contributed by atoms with Gasteiger partial charge in [-0.1, -0.05) is 39.4 Å². The number of halogens is 1. The van der Waals surface area contributed by atoms with Crippen molar-refractivity contribution in [3.8, 4) is 5.75 Å². The zero-order chi connectivity index (χ0) is 20.4. The molecule has 0 fully saturated rings. The highest BCUT2D eigenvalue weighted by molar-refractivity contribution is 9.10. The lowest BCUT2D eigenvalue weighted by atomic mass is 10.2. The van der Waals surface area contributed by atoms with E-state index in [4.69, 9.17) is 9.15 Å². The molecule has 8 heteroatoms. The Morgan fingerprint density at radius 1 is 1.31 bits per heavy atom. The van der Waals surface area contributed by atoms with Crippen molar-refractivity contribution in [1.29, 1.82) is 0 Å². The fourth-order valence-electron chi connectivity index (χ4n) is 3.08. The van der Waals surface area contributed by atoms with Gasteiger partial charge in [0.15, 0.2) is 21.9 Å². The number of amides is 1. The second-order valence-electron chi connectivity index (χ2n) is 6.28. The monoisotopic (exact) mass is 490 g/mol. The summed E-state index contributed by atoms with van der Waals surface area (Å²) < 4.78 is 15.6. The van der Waals surface area contributed by atoms with Gasteiger partial charge < -0.3 is 13.7 Å². The molecule has 0 aliphatic carbocycles. The lowest BCUT2D eigenvalue weighted by Crippen LogP contribution is -2.18. The molecule has 4 aromatic rings. The number of thioether (sulfide) groups is 1. The van der Waals surface area contributed by atoms with E-state index in [1.54, 1.807) is 17.8 Å². The molecule has 4 rings (SSSR count). The predicted molar refractivity (Wildman–Crippen MR) is 123 cm³/mol. The summed E-state index contributed by atoms with van der Waals surface area (Å²) in [5, 5.41) is 0.824. The number of fused-ring (bicyclic) bond motifs is 2. The molecule has 0 bridgehead atoms. The van der Waals surface area contributed by atoms with Gasteiger partial charge in [0.2, 0.25) is 0 Å². The summed E-state index contributed by atoms with van der Waals surface area (Å²) in [5.74, 6) is 1.38. The molecular weight excluding hydrogens is 472 g/mol. The molecule has 2 aromatic heterocycles. The first-order valence-electron chi connectivity index (χ1n) is 9.13. The van der Waals surface area contributed by atoms with E-state index < -0.39 is 5.91 Å². The molecule has 29 heavy (non-hydrogen) atoms. The van der Waals surface area contributed by atoms with Crippen molar-refractivity contribution in [1.82, 2.24) is 4.57 Å². The molecule has 0 atom stereocenters. The second kappa shape index (κ2) is 8.77. The van der Waals surface area contributed by atoms with Crippen LogP contribution in [0, 0.1) is 0 Å². The minimum atomic E-state index is -0.396. The van der Waals surface area contributed by atoms with Crippen LogP contribution < -0.4 is 9.54 Å². The van der Waals surface area contributed by atoms with Crippen molar-refractivity contribution < 1.29 is 13.9 Å². The van der Waals surface area contributed by atoms with E-state index >= 15 is 0 Å². The summed E-state index contributed by atoms with van der Waals surface area (Å²) in [5.41, 5.74) is 1.64. The number of rotatable bonds is 6. The van der Waals surface area contributed by atoms with Crippen LogP contribution in [0.1, 0.15) is 17.5 Å². The van der Waals surface area contributed by atoms with Gasteiger partial charge >= 0.3 is 5.91 Å². The number of carbonyl (C=O) groups is 1. The fraction of sp³-hybridized carbons (Fsp3) is 0.238. The zero-order valence-electron chi connectivity index (χ0n) is 16.0. The summed E-state index contributed by atoms with van der Waals surface area (Å²) >= 11 is 6.77. The van der Waals surface area contributed by atoms with Gasteiger partial charge in [-0.25, -0.2) is 0 Å². The summed E-state index contributed by atoms with van der Waals surface area (Å²) in [6.45, 7) is 3.22. The Morgan fingerprint density at radius 2 is 2.17 bits per heavy atom. The van der Waals surface area contributed by atoms with E-state index in [0.717, 1.165) is 32.4 Å². The van der Waals surface area contributed by atoms with Crippen LogP contribution in [0.15, 0.2) is 56.3 Å². The van der Waals surface area contributed by atoms with Crippen molar-refractivity contribution >= 4 is 66.1 Å². The number of para-hydroxylation sites is 1. The molecule has 150 valence electrons. The molecule has 0 unspecified atom stereocenters. The van der Waals surface area contributed by atoms with E-state index in [-0.39, 0.29) is 5.76 Å². The first kappa shape index (κ1) is 20.3. The molecule has 0 spiro atoms. The normalized spacial score (nSPS) is 12.2. The van der Waals surface area contributed by atoms with Gasteiger partial charge in [-0.2, -0.15) is 16.8 Å². The second-order valence-corrected chi connectivity index (χ2v) is 9.19. The minimum Gasteiger partial charge on any atom is -0.490 e. The predicted octanol–water partition coefficient (Wildman–Crippen LogP) is 5.71. The number of carbonyl (C=O) groups excluding carboxylic acids is 1. The molecule has 0 saturated heterocycles. The molecule has 5 nitrogen and oxygen atoms in total. The van der Waals surface area contributed by atoms with Crippen molar-refractivity contribution in [2.24, 2.45) is 4.99 Å². The summed E-state index contributed by atoms with van der Waals surface area (Å²) in [7, 11) is 0. The van der Waals surface area contributed by atoms with E-state index in [0.29, 0.717) is 22.7 Å². The highest BCUT2D eigenvalue weighted by Gasteiger charge is 2.16. The van der Waals surface area contributed by atoms with Gasteiger partial charge in [0.1, 0.15) is 0 Å².